The van der Waals surface area contributed by atoms with E-state index in [0.29, 0.717) is 19.4 Å². The van der Waals surface area contributed by atoms with Crippen LogP contribution in [0.2, 0.25) is 0 Å². The Kier molecular flexibility index (Phi) is 16.0. The molecule has 0 rings (SSSR count). The zero-order chi connectivity index (χ0) is 27.1. The van der Waals surface area contributed by atoms with Crippen LogP contribution in [-0.4, -0.2) is 86.3 Å². The van der Waals surface area contributed by atoms with Gasteiger partial charge in [-0.3, -0.25) is 18.7 Å². The van der Waals surface area contributed by atoms with Crippen molar-refractivity contribution in [2.45, 2.75) is 39.5 Å². The van der Waals surface area contributed by atoms with Crippen LogP contribution in [0.25, 0.3) is 0 Å². The molecule has 0 saturated carbocycles. The van der Waals surface area contributed by atoms with Crippen LogP contribution in [0, 0.1) is 0 Å². The molecule has 0 aliphatic rings. The van der Waals surface area contributed by atoms with Gasteiger partial charge in [-0.05, 0) is 18.9 Å². The maximum Gasteiger partial charge on any atom is 0.476 e. The SMILES string of the molecule is C=CC(=O)N(CCCC)CCP(=O)(O)OC/C=C/C(=O)N(CCCC)CCP(=O)(O)OP(=O)(O)O. The maximum atomic E-state index is 12.4. The first kappa shape index (κ1) is 33.9. The van der Waals surface area contributed by atoms with Gasteiger partial charge in [0.15, 0.2) is 0 Å². The molecule has 0 aromatic carbocycles. The minimum Gasteiger partial charge on any atom is -0.339 e. The molecule has 0 aliphatic heterocycles. The highest BCUT2D eigenvalue weighted by molar-refractivity contribution is 7.63. The Balaban J connectivity index is 4.87. The van der Waals surface area contributed by atoms with Gasteiger partial charge in [0.25, 0.3) is 0 Å². The van der Waals surface area contributed by atoms with Gasteiger partial charge in [0.05, 0.1) is 18.9 Å². The number of rotatable bonds is 19. The minimum atomic E-state index is -5.18. The number of hydrogen-bond acceptors (Lipinski definition) is 7. The van der Waals surface area contributed by atoms with E-state index in [1.54, 1.807) is 0 Å². The van der Waals surface area contributed by atoms with Crippen LogP contribution in [0.5, 0.6) is 0 Å². The first-order chi connectivity index (χ1) is 16.2. The first-order valence-corrected chi connectivity index (χ1v) is 16.1. The lowest BCUT2D eigenvalue weighted by molar-refractivity contribution is -0.126. The van der Waals surface area contributed by atoms with Gasteiger partial charge in [0.1, 0.15) is 0 Å². The summed E-state index contributed by atoms with van der Waals surface area (Å²) in [6, 6.07) is 0. The summed E-state index contributed by atoms with van der Waals surface area (Å²) in [7, 11) is -13.9. The fourth-order valence-electron chi connectivity index (χ4n) is 2.67. The number of amides is 2. The number of carbonyl (C=O) groups excluding carboxylic acids is 2. The summed E-state index contributed by atoms with van der Waals surface area (Å²) in [5, 5.41) is 0. The van der Waals surface area contributed by atoms with Gasteiger partial charge in [0, 0.05) is 32.3 Å². The number of carbonyl (C=O) groups is 2. The molecule has 16 heteroatoms. The van der Waals surface area contributed by atoms with E-state index in [-0.39, 0.29) is 38.3 Å². The normalized spacial score (nSPS) is 15.4. The Bertz CT molecular complexity index is 859. The van der Waals surface area contributed by atoms with Crippen LogP contribution >= 0.6 is 23.0 Å². The van der Waals surface area contributed by atoms with Crippen molar-refractivity contribution in [2.75, 3.05) is 45.1 Å². The summed E-state index contributed by atoms with van der Waals surface area (Å²) in [5.74, 6) is -0.942. The van der Waals surface area contributed by atoms with Crippen LogP contribution in [0.4, 0.5) is 0 Å². The van der Waals surface area contributed by atoms with Crippen LogP contribution in [0.3, 0.4) is 0 Å². The highest BCUT2D eigenvalue weighted by Crippen LogP contribution is 2.56. The van der Waals surface area contributed by atoms with Crippen LogP contribution < -0.4 is 0 Å². The second kappa shape index (κ2) is 16.6. The molecular formula is C19H37N2O11P3. The molecule has 0 heterocycles. The van der Waals surface area contributed by atoms with Gasteiger partial charge in [-0.15, -0.1) is 0 Å². The van der Waals surface area contributed by atoms with Gasteiger partial charge < -0.3 is 33.9 Å². The van der Waals surface area contributed by atoms with E-state index in [0.717, 1.165) is 25.0 Å². The van der Waals surface area contributed by atoms with Gasteiger partial charge in [-0.1, -0.05) is 39.3 Å². The quantitative estimate of drug-likeness (QED) is 0.134. The molecule has 2 unspecified atom stereocenters. The third-order valence-corrected chi connectivity index (χ3v) is 8.49. The van der Waals surface area contributed by atoms with E-state index >= 15 is 0 Å². The minimum absolute atomic E-state index is 0.00394. The molecule has 0 aliphatic carbocycles. The third kappa shape index (κ3) is 17.0. The smallest absolute Gasteiger partial charge is 0.339 e. The molecule has 0 spiro atoms. The predicted molar refractivity (Wildman–Crippen MR) is 131 cm³/mol. The maximum absolute atomic E-state index is 12.4. The van der Waals surface area contributed by atoms with Gasteiger partial charge >= 0.3 is 23.0 Å². The van der Waals surface area contributed by atoms with Crippen LogP contribution in [0.1, 0.15) is 39.5 Å². The molecule has 4 N–H and O–H groups in total. The van der Waals surface area contributed by atoms with Crippen molar-refractivity contribution in [1.29, 1.82) is 0 Å². The van der Waals surface area contributed by atoms with E-state index in [4.69, 9.17) is 14.3 Å². The summed E-state index contributed by atoms with van der Waals surface area (Å²) in [4.78, 5) is 63.9. The molecule has 0 saturated heterocycles. The van der Waals surface area contributed by atoms with E-state index in [9.17, 15) is 33.1 Å². The van der Waals surface area contributed by atoms with E-state index < -0.39 is 35.1 Å². The second-order valence-corrected chi connectivity index (χ2v) is 12.9. The zero-order valence-corrected chi connectivity index (χ0v) is 22.8. The fraction of sp³-hybridized carbons (Fsp3) is 0.684. The summed E-state index contributed by atoms with van der Waals surface area (Å²) >= 11 is 0. The van der Waals surface area contributed by atoms with E-state index in [1.807, 2.05) is 13.8 Å². The monoisotopic (exact) mass is 562 g/mol. The summed E-state index contributed by atoms with van der Waals surface area (Å²) < 4.78 is 43.7. The number of nitrogens with zero attached hydrogens (tertiary/aromatic N) is 2. The lowest BCUT2D eigenvalue weighted by Crippen LogP contribution is -2.33. The molecule has 2 amide bonds. The topological polar surface area (TPSA) is 191 Å². The molecule has 0 radical (unpaired) electrons. The van der Waals surface area contributed by atoms with Gasteiger partial charge in [0.2, 0.25) is 11.8 Å². The lowest BCUT2D eigenvalue weighted by atomic mass is 10.3. The molecule has 2 atom stereocenters. The van der Waals surface area contributed by atoms with Crippen molar-refractivity contribution in [3.63, 3.8) is 0 Å². The van der Waals surface area contributed by atoms with Crippen molar-refractivity contribution < 1.29 is 51.7 Å². The summed E-state index contributed by atoms with van der Waals surface area (Å²) in [6.07, 6.45) is 5.26. The second-order valence-electron chi connectivity index (χ2n) is 7.55. The summed E-state index contributed by atoms with van der Waals surface area (Å²) in [5.41, 5.74) is 0. The highest BCUT2D eigenvalue weighted by atomic mass is 31.3. The van der Waals surface area contributed by atoms with Crippen molar-refractivity contribution in [2.24, 2.45) is 0 Å². The number of unbranched alkanes of at least 4 members (excludes halogenated alkanes) is 2. The standard InChI is InChI=1S/C19H37N2O11P3/c1-4-7-11-20(18(22)6-3)13-16-33(24,25)31-15-9-10-19(23)21(12-8-5-2)14-17-34(26,27)32-35(28,29)30/h6,9-10H,3-5,7-8,11-17H2,1-2H3,(H,24,25)(H,26,27)(H2,28,29,30)/b10-9+. The Hall–Kier alpha value is -1.13. The third-order valence-electron chi connectivity index (χ3n) is 4.53. The van der Waals surface area contributed by atoms with Gasteiger partial charge in [-0.25, -0.2) is 8.88 Å². The molecule has 35 heavy (non-hydrogen) atoms. The van der Waals surface area contributed by atoms with Gasteiger partial charge in [-0.2, -0.15) is 0 Å². The molecule has 204 valence electrons. The Morgan fingerprint density at radius 2 is 1.31 bits per heavy atom. The molecule has 0 aromatic heterocycles. The summed E-state index contributed by atoms with van der Waals surface area (Å²) in [6.45, 7) is 7.19. The average Bonchev–Trinajstić information content (AvgIpc) is 2.74. The van der Waals surface area contributed by atoms with Crippen molar-refractivity contribution >= 4 is 34.8 Å². The Morgan fingerprint density at radius 1 is 0.829 bits per heavy atom. The van der Waals surface area contributed by atoms with Crippen molar-refractivity contribution in [3.8, 4) is 0 Å². The molecule has 0 aromatic rings. The van der Waals surface area contributed by atoms with Crippen LogP contribution in [-0.2, 0) is 32.1 Å². The average molecular weight is 562 g/mol. The Labute approximate surface area is 206 Å². The predicted octanol–water partition coefficient (Wildman–Crippen LogP) is 2.48. The molecule has 13 nitrogen and oxygen atoms in total. The number of hydrogen-bond donors (Lipinski definition) is 4. The number of phosphoric acid groups is 1. The zero-order valence-electron chi connectivity index (χ0n) is 20.1. The molecule has 0 fully saturated rings. The van der Waals surface area contributed by atoms with Crippen molar-refractivity contribution in [3.05, 3.63) is 24.8 Å². The fourth-order valence-corrected chi connectivity index (χ4v) is 5.76. The molecule has 0 bridgehead atoms. The Morgan fingerprint density at radius 3 is 1.77 bits per heavy atom. The largest absolute Gasteiger partial charge is 0.476 e. The van der Waals surface area contributed by atoms with E-state index in [1.165, 1.54) is 15.9 Å². The van der Waals surface area contributed by atoms with E-state index in [2.05, 4.69) is 10.9 Å². The molecular weight excluding hydrogens is 525 g/mol. The lowest BCUT2D eigenvalue weighted by Gasteiger charge is -2.23. The van der Waals surface area contributed by atoms with Crippen LogP contribution in [0.15, 0.2) is 24.8 Å². The van der Waals surface area contributed by atoms with Crippen molar-refractivity contribution in [1.82, 2.24) is 9.80 Å². The highest BCUT2D eigenvalue weighted by Gasteiger charge is 2.31. The first-order valence-electron chi connectivity index (χ1n) is 11.1.